The number of anilines is 2. The van der Waals surface area contributed by atoms with Crippen molar-refractivity contribution >= 4 is 17.4 Å². The van der Waals surface area contributed by atoms with E-state index in [1.54, 1.807) is 0 Å². The fourth-order valence-corrected chi connectivity index (χ4v) is 4.36. The van der Waals surface area contributed by atoms with Gasteiger partial charge in [-0.25, -0.2) is 9.36 Å². The smallest absolute Gasteiger partial charge is 0.333 e. The lowest BCUT2D eigenvalue weighted by molar-refractivity contribution is -0.122. The SMILES string of the molecule is CCCn1c(N)c(N2CCOCC2)c(=O)n(CC(=O)NC(c2ccccc2)c2ccccc2)c1=O. The van der Waals surface area contributed by atoms with E-state index in [1.807, 2.05) is 72.5 Å². The van der Waals surface area contributed by atoms with Crippen LogP contribution in [0.3, 0.4) is 0 Å². The van der Waals surface area contributed by atoms with Crippen LogP contribution in [0.25, 0.3) is 0 Å². The number of hydrogen-bond acceptors (Lipinski definition) is 6. The van der Waals surface area contributed by atoms with Crippen molar-refractivity contribution in [1.29, 1.82) is 0 Å². The van der Waals surface area contributed by atoms with Crippen LogP contribution in [-0.4, -0.2) is 41.3 Å². The molecular formula is C26H31N5O4. The minimum Gasteiger partial charge on any atom is -0.383 e. The zero-order valence-corrected chi connectivity index (χ0v) is 19.9. The van der Waals surface area contributed by atoms with Crippen molar-refractivity contribution in [3.63, 3.8) is 0 Å². The second-order valence-corrected chi connectivity index (χ2v) is 8.48. The molecule has 35 heavy (non-hydrogen) atoms. The van der Waals surface area contributed by atoms with Crippen LogP contribution in [0, 0.1) is 0 Å². The van der Waals surface area contributed by atoms with Gasteiger partial charge in [-0.2, -0.15) is 0 Å². The Morgan fingerprint density at radius 1 is 0.971 bits per heavy atom. The van der Waals surface area contributed by atoms with Gasteiger partial charge < -0.3 is 20.7 Å². The lowest BCUT2D eigenvalue weighted by Gasteiger charge is -2.30. The molecule has 0 unspecified atom stereocenters. The monoisotopic (exact) mass is 477 g/mol. The molecule has 0 atom stereocenters. The Bertz CT molecular complexity index is 1230. The summed E-state index contributed by atoms with van der Waals surface area (Å²) < 4.78 is 7.77. The molecule has 1 amide bonds. The van der Waals surface area contributed by atoms with Gasteiger partial charge in [0.25, 0.3) is 5.56 Å². The largest absolute Gasteiger partial charge is 0.383 e. The number of rotatable bonds is 8. The topological polar surface area (TPSA) is 112 Å². The molecule has 2 heterocycles. The summed E-state index contributed by atoms with van der Waals surface area (Å²) in [5.74, 6) is -0.311. The molecule has 0 saturated carbocycles. The molecule has 1 fully saturated rings. The van der Waals surface area contributed by atoms with Gasteiger partial charge in [0.2, 0.25) is 5.91 Å². The average Bonchev–Trinajstić information content (AvgIpc) is 2.89. The van der Waals surface area contributed by atoms with Gasteiger partial charge in [0, 0.05) is 19.6 Å². The molecule has 0 aliphatic carbocycles. The van der Waals surface area contributed by atoms with E-state index in [0.717, 1.165) is 15.7 Å². The van der Waals surface area contributed by atoms with Gasteiger partial charge in [0.05, 0.1) is 19.3 Å². The zero-order valence-electron chi connectivity index (χ0n) is 19.9. The molecule has 1 aliphatic rings. The van der Waals surface area contributed by atoms with Crippen molar-refractivity contribution in [3.8, 4) is 0 Å². The lowest BCUT2D eigenvalue weighted by atomic mass is 9.99. The van der Waals surface area contributed by atoms with Crippen LogP contribution in [0.15, 0.2) is 70.3 Å². The van der Waals surface area contributed by atoms with Gasteiger partial charge >= 0.3 is 5.69 Å². The Hall–Kier alpha value is -3.85. The van der Waals surface area contributed by atoms with Crippen LogP contribution in [0.1, 0.15) is 30.5 Å². The quantitative estimate of drug-likeness (QED) is 0.511. The van der Waals surface area contributed by atoms with E-state index in [2.05, 4.69) is 5.32 Å². The Labute approximate surface area is 203 Å². The first kappa shape index (κ1) is 24.3. The average molecular weight is 478 g/mol. The van der Waals surface area contributed by atoms with Crippen LogP contribution in [-0.2, 0) is 22.6 Å². The van der Waals surface area contributed by atoms with Crippen LogP contribution in [0.5, 0.6) is 0 Å². The summed E-state index contributed by atoms with van der Waals surface area (Å²) in [6, 6.07) is 18.7. The number of morpholine rings is 1. The standard InChI is InChI=1S/C26H31N5O4/c1-2-13-30-24(27)23(29-14-16-35-17-15-29)25(33)31(26(30)34)18-21(32)28-22(19-9-5-3-6-10-19)20-11-7-4-8-12-20/h3-12,22H,2,13-18,27H2,1H3,(H,28,32). The number of carbonyl (C=O) groups is 1. The minimum absolute atomic E-state index is 0.131. The molecule has 0 bridgehead atoms. The van der Waals surface area contributed by atoms with Crippen molar-refractivity contribution < 1.29 is 9.53 Å². The second kappa shape index (κ2) is 11.1. The highest BCUT2D eigenvalue weighted by molar-refractivity contribution is 5.77. The fraction of sp³-hybridized carbons (Fsp3) is 0.346. The van der Waals surface area contributed by atoms with E-state index in [4.69, 9.17) is 10.5 Å². The van der Waals surface area contributed by atoms with E-state index >= 15 is 0 Å². The Balaban J connectivity index is 1.69. The third-order valence-electron chi connectivity index (χ3n) is 6.09. The molecule has 2 aromatic carbocycles. The molecule has 0 radical (unpaired) electrons. The van der Waals surface area contributed by atoms with Gasteiger partial charge in [-0.15, -0.1) is 0 Å². The number of nitrogens with zero attached hydrogens (tertiary/aromatic N) is 3. The van der Waals surface area contributed by atoms with Gasteiger partial charge in [0.1, 0.15) is 18.1 Å². The third-order valence-corrected chi connectivity index (χ3v) is 6.09. The van der Waals surface area contributed by atoms with Gasteiger partial charge in [0.15, 0.2) is 0 Å². The fourth-order valence-electron chi connectivity index (χ4n) is 4.36. The van der Waals surface area contributed by atoms with Crippen LogP contribution < -0.4 is 27.2 Å². The summed E-state index contributed by atoms with van der Waals surface area (Å²) in [6.45, 7) is 3.76. The number of ether oxygens (including phenoxy) is 1. The van der Waals surface area contributed by atoms with E-state index < -0.39 is 29.7 Å². The zero-order chi connectivity index (χ0) is 24.8. The molecule has 4 rings (SSSR count). The Morgan fingerprint density at radius 2 is 1.54 bits per heavy atom. The molecule has 3 aromatic rings. The summed E-state index contributed by atoms with van der Waals surface area (Å²) in [5, 5.41) is 3.01. The second-order valence-electron chi connectivity index (χ2n) is 8.48. The maximum atomic E-state index is 13.4. The highest BCUT2D eigenvalue weighted by atomic mass is 16.5. The number of amides is 1. The highest BCUT2D eigenvalue weighted by Gasteiger charge is 2.25. The maximum Gasteiger partial charge on any atom is 0.333 e. The minimum atomic E-state index is -0.586. The number of nitrogen functional groups attached to an aromatic ring is 1. The van der Waals surface area contributed by atoms with Gasteiger partial charge in [-0.3, -0.25) is 14.2 Å². The molecule has 1 saturated heterocycles. The predicted octanol–water partition coefficient (Wildman–Crippen LogP) is 1.74. The number of benzene rings is 2. The van der Waals surface area contributed by atoms with Crippen LogP contribution in [0.4, 0.5) is 11.5 Å². The van der Waals surface area contributed by atoms with E-state index in [0.29, 0.717) is 39.3 Å². The molecule has 1 aromatic heterocycles. The van der Waals surface area contributed by atoms with Crippen LogP contribution in [0.2, 0.25) is 0 Å². The van der Waals surface area contributed by atoms with Gasteiger partial charge in [-0.05, 0) is 17.5 Å². The number of nitrogens with two attached hydrogens (primary N) is 1. The first-order valence-corrected chi connectivity index (χ1v) is 11.9. The third kappa shape index (κ3) is 5.30. The van der Waals surface area contributed by atoms with Crippen molar-refractivity contribution in [1.82, 2.24) is 14.5 Å². The Morgan fingerprint density at radius 3 is 2.09 bits per heavy atom. The summed E-state index contributed by atoms with van der Waals surface area (Å²) >= 11 is 0. The molecule has 1 aliphatic heterocycles. The summed E-state index contributed by atoms with van der Waals surface area (Å²) in [7, 11) is 0. The van der Waals surface area contributed by atoms with Gasteiger partial charge in [-0.1, -0.05) is 67.6 Å². The van der Waals surface area contributed by atoms with Crippen molar-refractivity contribution in [2.45, 2.75) is 32.5 Å². The predicted molar refractivity (Wildman–Crippen MR) is 136 cm³/mol. The first-order valence-electron chi connectivity index (χ1n) is 11.9. The van der Waals surface area contributed by atoms with E-state index in [9.17, 15) is 14.4 Å². The molecule has 9 nitrogen and oxygen atoms in total. The molecule has 0 spiro atoms. The molecule has 3 N–H and O–H groups in total. The van der Waals surface area contributed by atoms with E-state index in [1.165, 1.54) is 4.57 Å². The van der Waals surface area contributed by atoms with Crippen molar-refractivity contribution in [3.05, 3.63) is 92.6 Å². The van der Waals surface area contributed by atoms with Crippen molar-refractivity contribution in [2.75, 3.05) is 36.9 Å². The number of nitrogens with one attached hydrogen (secondary N) is 1. The highest BCUT2D eigenvalue weighted by Crippen LogP contribution is 2.22. The van der Waals surface area contributed by atoms with E-state index in [-0.39, 0.29) is 11.5 Å². The Kier molecular flexibility index (Phi) is 7.67. The number of aromatic nitrogens is 2. The summed E-state index contributed by atoms with van der Waals surface area (Å²) in [6.07, 6.45) is 0.654. The summed E-state index contributed by atoms with van der Waals surface area (Å²) in [4.78, 5) is 41.7. The van der Waals surface area contributed by atoms with Crippen molar-refractivity contribution in [2.24, 2.45) is 0 Å². The number of carbonyl (C=O) groups excluding carboxylic acids is 1. The summed E-state index contributed by atoms with van der Waals surface area (Å²) in [5.41, 5.74) is 7.19. The molecular weight excluding hydrogens is 446 g/mol. The van der Waals surface area contributed by atoms with Crippen LogP contribution >= 0.6 is 0 Å². The maximum absolute atomic E-state index is 13.4. The normalized spacial score (nSPS) is 13.7. The lowest BCUT2D eigenvalue weighted by Crippen LogP contribution is -2.49. The molecule has 9 heteroatoms. The number of hydrogen-bond donors (Lipinski definition) is 2. The first-order chi connectivity index (χ1) is 17.0. The molecule has 184 valence electrons.